The van der Waals surface area contributed by atoms with Crippen LogP contribution in [0.2, 0.25) is 5.02 Å². The Morgan fingerprint density at radius 1 is 1.33 bits per heavy atom. The van der Waals surface area contributed by atoms with Crippen LogP contribution in [0.3, 0.4) is 0 Å². The third-order valence-corrected chi connectivity index (χ3v) is 6.17. The first-order valence-electron chi connectivity index (χ1n) is 6.72. The number of rotatable bonds is 7. The first kappa shape index (κ1) is 17.1. The summed E-state index contributed by atoms with van der Waals surface area (Å²) in [6, 6.07) is 6.46. The van der Waals surface area contributed by atoms with Gasteiger partial charge >= 0.3 is 0 Å². The van der Waals surface area contributed by atoms with Crippen molar-refractivity contribution in [2.24, 2.45) is 0 Å². The molecule has 0 amide bonds. The van der Waals surface area contributed by atoms with Crippen molar-refractivity contribution in [1.29, 1.82) is 0 Å². The lowest BCUT2D eigenvalue weighted by Crippen LogP contribution is -2.19. The van der Waals surface area contributed by atoms with Crippen LogP contribution in [0.4, 0.5) is 0 Å². The first-order chi connectivity index (χ1) is 10.1. The Hall–Kier alpha value is -0.270. The first-order valence-corrected chi connectivity index (χ1v) is 9.95. The molecule has 1 aromatic carbocycles. The van der Waals surface area contributed by atoms with E-state index in [1.165, 1.54) is 0 Å². The third-order valence-electron chi connectivity index (χ3n) is 2.91. The molecular weight excluding hydrogens is 342 g/mol. The van der Waals surface area contributed by atoms with Crippen molar-refractivity contribution >= 4 is 46.5 Å². The Labute approximate surface area is 143 Å². The fourth-order valence-electron chi connectivity index (χ4n) is 1.82. The van der Waals surface area contributed by atoms with Gasteiger partial charge in [-0.1, -0.05) is 59.5 Å². The quantitative estimate of drug-likeness (QED) is 0.694. The summed E-state index contributed by atoms with van der Waals surface area (Å²) >= 11 is 11.2. The van der Waals surface area contributed by atoms with Crippen LogP contribution in [0.5, 0.6) is 0 Å². The fraction of sp³-hybridized carbons (Fsp3) is 0.429. The zero-order valence-corrected chi connectivity index (χ0v) is 15.4. The molecule has 2 aromatic rings. The van der Waals surface area contributed by atoms with E-state index in [-0.39, 0.29) is 6.04 Å². The van der Waals surface area contributed by atoms with E-state index < -0.39 is 0 Å². The maximum atomic E-state index is 6.41. The Morgan fingerprint density at radius 2 is 2.10 bits per heavy atom. The van der Waals surface area contributed by atoms with Crippen LogP contribution in [0, 0.1) is 0 Å². The molecule has 1 N–H and O–H groups in total. The minimum atomic E-state index is 0.265. The van der Waals surface area contributed by atoms with Crippen LogP contribution in [0.25, 0.3) is 0 Å². The SMILES string of the molecule is CCCNC(C)c1ccc(Sc2nnc(SC)s2)cc1Cl. The largest absolute Gasteiger partial charge is 0.310 e. The van der Waals surface area contributed by atoms with Gasteiger partial charge in [0.05, 0.1) is 0 Å². The molecule has 0 saturated heterocycles. The zero-order valence-electron chi connectivity index (χ0n) is 12.2. The lowest BCUT2D eigenvalue weighted by Gasteiger charge is -2.15. The molecule has 0 saturated carbocycles. The summed E-state index contributed by atoms with van der Waals surface area (Å²) in [5.41, 5.74) is 1.14. The monoisotopic (exact) mass is 359 g/mol. The number of hydrogen-bond acceptors (Lipinski definition) is 6. The van der Waals surface area contributed by atoms with Crippen LogP contribution in [-0.4, -0.2) is 23.0 Å². The maximum absolute atomic E-state index is 6.41. The minimum Gasteiger partial charge on any atom is -0.310 e. The molecule has 1 heterocycles. The van der Waals surface area contributed by atoms with Gasteiger partial charge in [0.2, 0.25) is 0 Å². The van der Waals surface area contributed by atoms with Crippen molar-refractivity contribution in [1.82, 2.24) is 15.5 Å². The maximum Gasteiger partial charge on any atom is 0.179 e. The molecule has 0 bridgehead atoms. The van der Waals surface area contributed by atoms with Crippen LogP contribution in [-0.2, 0) is 0 Å². The van der Waals surface area contributed by atoms with E-state index >= 15 is 0 Å². The van der Waals surface area contributed by atoms with Gasteiger partial charge in [-0.2, -0.15) is 0 Å². The van der Waals surface area contributed by atoms with Crippen LogP contribution in [0.1, 0.15) is 31.9 Å². The second-order valence-corrected chi connectivity index (χ2v) is 8.26. The molecule has 114 valence electrons. The molecule has 1 atom stereocenters. The van der Waals surface area contributed by atoms with Crippen molar-refractivity contribution in [3.05, 3.63) is 28.8 Å². The Morgan fingerprint density at radius 3 is 2.71 bits per heavy atom. The molecule has 2 rings (SSSR count). The molecule has 0 radical (unpaired) electrons. The van der Waals surface area contributed by atoms with Crippen LogP contribution < -0.4 is 5.32 Å². The van der Waals surface area contributed by atoms with Gasteiger partial charge in [0.1, 0.15) is 0 Å². The molecule has 1 aromatic heterocycles. The summed E-state index contributed by atoms with van der Waals surface area (Å²) in [4.78, 5) is 1.09. The number of nitrogens with zero attached hydrogens (tertiary/aromatic N) is 2. The summed E-state index contributed by atoms with van der Waals surface area (Å²) in [7, 11) is 0. The second-order valence-electron chi connectivity index (χ2n) is 4.50. The summed E-state index contributed by atoms with van der Waals surface area (Å²) in [6.45, 7) is 5.29. The topological polar surface area (TPSA) is 37.8 Å². The second kappa shape index (κ2) is 8.39. The summed E-state index contributed by atoms with van der Waals surface area (Å²) < 4.78 is 1.93. The number of hydrogen-bond donors (Lipinski definition) is 1. The van der Waals surface area contributed by atoms with Gasteiger partial charge in [-0.15, -0.1) is 10.2 Å². The molecule has 3 nitrogen and oxygen atoms in total. The zero-order chi connectivity index (χ0) is 15.2. The third kappa shape index (κ3) is 4.86. The Kier molecular flexibility index (Phi) is 6.82. The van der Waals surface area contributed by atoms with E-state index in [9.17, 15) is 0 Å². The van der Waals surface area contributed by atoms with Crippen LogP contribution >= 0.6 is 46.5 Å². The molecule has 0 spiro atoms. The molecule has 0 aliphatic rings. The molecule has 0 fully saturated rings. The minimum absolute atomic E-state index is 0.265. The smallest absolute Gasteiger partial charge is 0.179 e. The highest BCUT2D eigenvalue weighted by Crippen LogP contribution is 2.35. The molecular formula is C14H18ClN3S3. The highest BCUT2D eigenvalue weighted by Gasteiger charge is 2.11. The van der Waals surface area contributed by atoms with E-state index in [4.69, 9.17) is 11.6 Å². The van der Waals surface area contributed by atoms with E-state index in [0.717, 1.165) is 37.1 Å². The number of nitrogens with one attached hydrogen (secondary N) is 1. The summed E-state index contributed by atoms with van der Waals surface area (Å²) in [6.07, 6.45) is 3.12. The average Bonchev–Trinajstić information content (AvgIpc) is 2.92. The Bertz CT molecular complexity index is 589. The highest BCUT2D eigenvalue weighted by atomic mass is 35.5. The van der Waals surface area contributed by atoms with Gasteiger partial charge in [-0.3, -0.25) is 0 Å². The normalized spacial score (nSPS) is 12.6. The van der Waals surface area contributed by atoms with Gasteiger partial charge in [-0.25, -0.2) is 0 Å². The molecule has 0 aliphatic carbocycles. The Balaban J connectivity index is 2.07. The van der Waals surface area contributed by atoms with Gasteiger partial charge < -0.3 is 5.32 Å². The summed E-state index contributed by atoms with van der Waals surface area (Å²) in [5, 5.41) is 12.5. The molecule has 21 heavy (non-hydrogen) atoms. The standard InChI is InChI=1S/C14H18ClN3S3/c1-4-7-16-9(2)11-6-5-10(8-12(11)15)20-14-18-17-13(19-3)21-14/h5-6,8-9,16H,4,7H2,1-3H3. The van der Waals surface area contributed by atoms with E-state index in [1.54, 1.807) is 34.9 Å². The summed E-state index contributed by atoms with van der Waals surface area (Å²) in [5.74, 6) is 0. The predicted octanol–water partition coefficient (Wildman–Crippen LogP) is 5.13. The molecule has 1 unspecified atom stereocenters. The number of halogens is 1. The lowest BCUT2D eigenvalue weighted by atomic mass is 10.1. The van der Waals surface area contributed by atoms with Gasteiger partial charge in [0, 0.05) is 16.0 Å². The van der Waals surface area contributed by atoms with Gasteiger partial charge in [0.25, 0.3) is 0 Å². The van der Waals surface area contributed by atoms with Crippen LogP contribution in [0.15, 0.2) is 31.8 Å². The lowest BCUT2D eigenvalue weighted by molar-refractivity contribution is 0.570. The fourth-order valence-corrected chi connectivity index (χ4v) is 4.68. The van der Waals surface area contributed by atoms with Crippen molar-refractivity contribution in [3.8, 4) is 0 Å². The van der Waals surface area contributed by atoms with E-state index in [1.807, 2.05) is 12.3 Å². The molecule has 7 heteroatoms. The van der Waals surface area contributed by atoms with Gasteiger partial charge in [0.15, 0.2) is 8.68 Å². The number of benzene rings is 1. The predicted molar refractivity (Wildman–Crippen MR) is 94.0 cm³/mol. The van der Waals surface area contributed by atoms with Crippen molar-refractivity contribution < 1.29 is 0 Å². The van der Waals surface area contributed by atoms with Gasteiger partial charge in [-0.05, 0) is 43.8 Å². The van der Waals surface area contributed by atoms with Crippen molar-refractivity contribution in [3.63, 3.8) is 0 Å². The van der Waals surface area contributed by atoms with E-state index in [2.05, 4.69) is 41.5 Å². The highest BCUT2D eigenvalue weighted by molar-refractivity contribution is 8.03. The van der Waals surface area contributed by atoms with Crippen molar-refractivity contribution in [2.45, 2.75) is 39.9 Å². The molecule has 0 aliphatic heterocycles. The van der Waals surface area contributed by atoms with Crippen molar-refractivity contribution in [2.75, 3.05) is 12.8 Å². The average molecular weight is 360 g/mol. The number of thioether (sulfide) groups is 1. The number of aromatic nitrogens is 2. The van der Waals surface area contributed by atoms with E-state index in [0.29, 0.717) is 0 Å².